The van der Waals surface area contributed by atoms with Crippen molar-refractivity contribution < 1.29 is 19.1 Å². The van der Waals surface area contributed by atoms with Crippen molar-refractivity contribution in [1.29, 1.82) is 0 Å². The lowest BCUT2D eigenvalue weighted by Crippen LogP contribution is -2.30. The fraction of sp³-hybridized carbons (Fsp3) is 0.200. The third kappa shape index (κ3) is 5.70. The Labute approximate surface area is 176 Å². The summed E-state index contributed by atoms with van der Waals surface area (Å²) in [5.74, 6) is -0.00901. The van der Waals surface area contributed by atoms with Gasteiger partial charge in [-0.3, -0.25) is 4.79 Å². The van der Waals surface area contributed by atoms with Crippen LogP contribution in [-0.4, -0.2) is 37.5 Å². The number of carbonyl (C=O) groups excluding carboxylic acids is 2. The summed E-state index contributed by atoms with van der Waals surface area (Å²) in [5, 5.41) is 2.09. The number of carbonyl (C=O) groups is 2. The van der Waals surface area contributed by atoms with Crippen LogP contribution >= 0.6 is 0 Å². The van der Waals surface area contributed by atoms with E-state index in [1.54, 1.807) is 25.1 Å². The summed E-state index contributed by atoms with van der Waals surface area (Å²) in [4.78, 5) is 25.7. The molecule has 0 N–H and O–H groups in total. The molecular weight excluding hydrogens is 378 g/mol. The first-order valence-corrected chi connectivity index (χ1v) is 9.67. The summed E-state index contributed by atoms with van der Waals surface area (Å²) in [6.45, 7) is 2.19. The van der Waals surface area contributed by atoms with Gasteiger partial charge in [0, 0.05) is 19.7 Å². The van der Waals surface area contributed by atoms with E-state index in [1.807, 2.05) is 67.6 Å². The Bertz CT molecular complexity index is 1070. The molecule has 0 fully saturated rings. The van der Waals surface area contributed by atoms with Gasteiger partial charge in [-0.1, -0.05) is 48.0 Å². The zero-order valence-electron chi connectivity index (χ0n) is 17.4. The Morgan fingerprint density at radius 2 is 1.67 bits per heavy atom. The zero-order valence-corrected chi connectivity index (χ0v) is 17.4. The molecule has 0 aliphatic heterocycles. The summed E-state index contributed by atoms with van der Waals surface area (Å²) in [5.41, 5.74) is 3.06. The highest BCUT2D eigenvalue weighted by Gasteiger charge is 2.11. The van der Waals surface area contributed by atoms with Gasteiger partial charge in [-0.25, -0.2) is 4.79 Å². The smallest absolute Gasteiger partial charge is 0.331 e. The quantitative estimate of drug-likeness (QED) is 0.434. The molecule has 0 radical (unpaired) electrons. The van der Waals surface area contributed by atoms with Gasteiger partial charge in [0.2, 0.25) is 0 Å². The maximum Gasteiger partial charge on any atom is 0.331 e. The lowest BCUT2D eigenvalue weighted by Gasteiger charge is -2.17. The Hall–Kier alpha value is -3.60. The van der Waals surface area contributed by atoms with Crippen LogP contribution in [0, 0.1) is 6.92 Å². The van der Waals surface area contributed by atoms with Crippen molar-refractivity contribution >= 4 is 28.7 Å². The molecule has 5 nitrogen and oxygen atoms in total. The van der Waals surface area contributed by atoms with Crippen LogP contribution in [-0.2, 0) is 20.9 Å². The summed E-state index contributed by atoms with van der Waals surface area (Å²) in [6.07, 6.45) is 3.00. The van der Waals surface area contributed by atoms with Crippen molar-refractivity contribution in [1.82, 2.24) is 4.90 Å². The molecule has 154 valence electrons. The number of nitrogens with zero attached hydrogens (tertiary/aromatic N) is 1. The van der Waals surface area contributed by atoms with E-state index in [0.29, 0.717) is 6.54 Å². The third-order valence-electron chi connectivity index (χ3n) is 4.79. The fourth-order valence-electron chi connectivity index (χ4n) is 2.98. The number of hydrogen-bond acceptors (Lipinski definition) is 4. The standard InChI is InChI=1S/C25H25NO4/c1-18-4-6-20(7-5-18)16-26(2)24(27)17-30-25(28)13-9-19-8-10-22-15-23(29-3)12-11-21(22)14-19/h4-15H,16-17H2,1-3H3/b13-9+. The van der Waals surface area contributed by atoms with Gasteiger partial charge in [-0.05, 0) is 53.1 Å². The number of fused-ring (bicyclic) bond motifs is 1. The van der Waals surface area contributed by atoms with E-state index in [2.05, 4.69) is 0 Å². The normalized spacial score (nSPS) is 10.9. The molecule has 0 atom stereocenters. The van der Waals surface area contributed by atoms with Crippen LogP contribution in [0.25, 0.3) is 16.8 Å². The lowest BCUT2D eigenvalue weighted by molar-refractivity contribution is -0.147. The average Bonchev–Trinajstić information content (AvgIpc) is 2.76. The molecule has 0 aromatic heterocycles. The third-order valence-corrected chi connectivity index (χ3v) is 4.79. The zero-order chi connectivity index (χ0) is 21.5. The number of methoxy groups -OCH3 is 1. The number of esters is 1. The highest BCUT2D eigenvalue weighted by molar-refractivity contribution is 5.91. The highest BCUT2D eigenvalue weighted by atomic mass is 16.5. The summed E-state index contributed by atoms with van der Waals surface area (Å²) in [7, 11) is 3.32. The van der Waals surface area contributed by atoms with E-state index in [-0.39, 0.29) is 12.5 Å². The molecule has 30 heavy (non-hydrogen) atoms. The van der Waals surface area contributed by atoms with Gasteiger partial charge in [0.05, 0.1) is 7.11 Å². The first-order valence-electron chi connectivity index (χ1n) is 9.67. The number of aryl methyl sites for hydroxylation is 1. The van der Waals surface area contributed by atoms with Crippen LogP contribution < -0.4 is 4.74 Å². The molecule has 0 aliphatic carbocycles. The highest BCUT2D eigenvalue weighted by Crippen LogP contribution is 2.22. The predicted molar refractivity (Wildman–Crippen MR) is 118 cm³/mol. The Balaban J connectivity index is 1.52. The van der Waals surface area contributed by atoms with Crippen LogP contribution in [0.5, 0.6) is 5.75 Å². The number of likely N-dealkylation sites (N-methyl/N-ethyl adjacent to an activating group) is 1. The van der Waals surface area contributed by atoms with Crippen molar-refractivity contribution in [2.75, 3.05) is 20.8 Å². The van der Waals surface area contributed by atoms with Crippen LogP contribution in [0.3, 0.4) is 0 Å². The molecule has 0 saturated carbocycles. The van der Waals surface area contributed by atoms with Crippen molar-refractivity contribution in [2.45, 2.75) is 13.5 Å². The molecular formula is C25H25NO4. The molecule has 3 aromatic rings. The van der Waals surface area contributed by atoms with Crippen molar-refractivity contribution in [3.63, 3.8) is 0 Å². The van der Waals surface area contributed by atoms with Gasteiger partial charge in [0.1, 0.15) is 5.75 Å². The van der Waals surface area contributed by atoms with Gasteiger partial charge < -0.3 is 14.4 Å². The first-order chi connectivity index (χ1) is 14.4. The van der Waals surface area contributed by atoms with Crippen molar-refractivity contribution in [3.05, 3.63) is 83.4 Å². The molecule has 3 rings (SSSR count). The van der Waals surface area contributed by atoms with Crippen molar-refractivity contribution in [2.24, 2.45) is 0 Å². The van der Waals surface area contributed by atoms with Crippen LogP contribution in [0.1, 0.15) is 16.7 Å². The van der Waals surface area contributed by atoms with E-state index < -0.39 is 5.97 Å². The van der Waals surface area contributed by atoms with Crippen LogP contribution in [0.2, 0.25) is 0 Å². The maximum absolute atomic E-state index is 12.2. The first kappa shape index (κ1) is 21.1. The van der Waals surface area contributed by atoms with E-state index in [1.165, 1.54) is 11.6 Å². The summed E-state index contributed by atoms with van der Waals surface area (Å²) < 4.78 is 10.3. The monoisotopic (exact) mass is 403 g/mol. The van der Waals surface area contributed by atoms with Crippen LogP contribution in [0.15, 0.2) is 66.7 Å². The van der Waals surface area contributed by atoms with Gasteiger partial charge in [0.25, 0.3) is 5.91 Å². The number of benzene rings is 3. The molecule has 0 saturated heterocycles. The lowest BCUT2D eigenvalue weighted by atomic mass is 10.1. The molecule has 3 aromatic carbocycles. The number of amides is 1. The Morgan fingerprint density at radius 1 is 0.967 bits per heavy atom. The second-order valence-corrected chi connectivity index (χ2v) is 7.15. The van der Waals surface area contributed by atoms with Gasteiger partial charge in [-0.15, -0.1) is 0 Å². The molecule has 0 heterocycles. The van der Waals surface area contributed by atoms with Crippen LogP contribution in [0.4, 0.5) is 0 Å². The van der Waals surface area contributed by atoms with Gasteiger partial charge >= 0.3 is 5.97 Å². The minimum absolute atomic E-state index is 0.253. The maximum atomic E-state index is 12.2. The van der Waals surface area contributed by atoms with Gasteiger partial charge in [0.15, 0.2) is 6.61 Å². The van der Waals surface area contributed by atoms with Crippen molar-refractivity contribution in [3.8, 4) is 5.75 Å². The average molecular weight is 403 g/mol. The van der Waals surface area contributed by atoms with E-state index in [9.17, 15) is 9.59 Å². The minimum Gasteiger partial charge on any atom is -0.497 e. The van der Waals surface area contributed by atoms with E-state index in [0.717, 1.165) is 27.6 Å². The fourth-order valence-corrected chi connectivity index (χ4v) is 2.98. The molecule has 1 amide bonds. The van der Waals surface area contributed by atoms with Gasteiger partial charge in [-0.2, -0.15) is 0 Å². The molecule has 5 heteroatoms. The second-order valence-electron chi connectivity index (χ2n) is 7.15. The number of ether oxygens (including phenoxy) is 2. The van der Waals surface area contributed by atoms with E-state index >= 15 is 0 Å². The van der Waals surface area contributed by atoms with E-state index in [4.69, 9.17) is 9.47 Å². The predicted octanol–water partition coefficient (Wildman–Crippen LogP) is 4.37. The number of hydrogen-bond donors (Lipinski definition) is 0. The number of rotatable bonds is 7. The Kier molecular flexibility index (Phi) is 6.86. The molecule has 0 aliphatic rings. The molecule has 0 unspecified atom stereocenters. The SMILES string of the molecule is COc1ccc2cc(/C=C/C(=O)OCC(=O)N(C)Cc3ccc(C)cc3)ccc2c1. The summed E-state index contributed by atoms with van der Waals surface area (Å²) in [6, 6.07) is 19.6. The summed E-state index contributed by atoms with van der Waals surface area (Å²) >= 11 is 0. The molecule has 0 spiro atoms. The topological polar surface area (TPSA) is 55.8 Å². The second kappa shape index (κ2) is 9.74. The molecule has 0 bridgehead atoms. The minimum atomic E-state index is -0.554. The largest absolute Gasteiger partial charge is 0.497 e. The Morgan fingerprint density at radius 3 is 2.40 bits per heavy atom.